The number of aromatic nitrogens is 2. The second-order valence-corrected chi connectivity index (χ2v) is 7.83. The van der Waals surface area contributed by atoms with Gasteiger partial charge in [-0.15, -0.1) is 0 Å². The van der Waals surface area contributed by atoms with Crippen molar-refractivity contribution in [2.24, 2.45) is 0 Å². The summed E-state index contributed by atoms with van der Waals surface area (Å²) >= 11 is 1.21. The molecule has 0 atom stereocenters. The van der Waals surface area contributed by atoms with Crippen molar-refractivity contribution < 1.29 is 13.6 Å². The van der Waals surface area contributed by atoms with Crippen molar-refractivity contribution in [2.75, 3.05) is 11.1 Å². The first-order valence-corrected chi connectivity index (χ1v) is 10.8. The maximum atomic E-state index is 13.9. The lowest BCUT2D eigenvalue weighted by atomic mass is 10.1. The molecule has 1 heterocycles. The normalized spacial score (nSPS) is 10.9. The number of aryl methyl sites for hydroxylation is 1. The SMILES string of the molecule is CCc1ccccc1NC(=O)CSc1nc(-c2ccc(F)cc2)nc2ccc(F)cc12. The van der Waals surface area contributed by atoms with Crippen molar-refractivity contribution in [3.05, 3.63) is 83.9 Å². The first-order valence-electron chi connectivity index (χ1n) is 9.77. The van der Waals surface area contributed by atoms with Crippen molar-refractivity contribution in [3.8, 4) is 11.4 Å². The number of para-hydroxylation sites is 1. The first kappa shape index (κ1) is 20.9. The summed E-state index contributed by atoms with van der Waals surface area (Å²) in [6.07, 6.45) is 0.806. The van der Waals surface area contributed by atoms with E-state index in [0.29, 0.717) is 27.3 Å². The Morgan fingerprint density at radius 2 is 1.71 bits per heavy atom. The highest BCUT2D eigenvalue weighted by Crippen LogP contribution is 2.29. The van der Waals surface area contributed by atoms with Crippen LogP contribution in [-0.4, -0.2) is 21.6 Å². The molecule has 0 unspecified atom stereocenters. The molecule has 0 spiro atoms. The molecular weight excluding hydrogens is 416 g/mol. The zero-order chi connectivity index (χ0) is 21.8. The molecule has 0 aliphatic heterocycles. The van der Waals surface area contributed by atoms with E-state index in [9.17, 15) is 13.6 Å². The molecule has 3 aromatic carbocycles. The van der Waals surface area contributed by atoms with Crippen molar-refractivity contribution in [1.82, 2.24) is 9.97 Å². The van der Waals surface area contributed by atoms with Gasteiger partial charge in [0.05, 0.1) is 11.3 Å². The Morgan fingerprint density at radius 1 is 0.968 bits per heavy atom. The number of fused-ring (bicyclic) bond motifs is 1. The fraction of sp³-hybridized carbons (Fsp3) is 0.125. The molecule has 1 aromatic heterocycles. The Balaban J connectivity index is 1.61. The van der Waals surface area contributed by atoms with Gasteiger partial charge in [-0.2, -0.15) is 0 Å². The van der Waals surface area contributed by atoms with E-state index in [1.54, 1.807) is 18.2 Å². The highest BCUT2D eigenvalue weighted by atomic mass is 32.2. The van der Waals surface area contributed by atoms with E-state index in [1.807, 2.05) is 31.2 Å². The maximum absolute atomic E-state index is 13.9. The van der Waals surface area contributed by atoms with Crippen molar-refractivity contribution >= 4 is 34.3 Å². The summed E-state index contributed by atoms with van der Waals surface area (Å²) in [5, 5.41) is 3.94. The van der Waals surface area contributed by atoms with Crippen molar-refractivity contribution in [2.45, 2.75) is 18.4 Å². The first-order chi connectivity index (χ1) is 15.0. The molecular formula is C24H19F2N3OS. The zero-order valence-corrected chi connectivity index (χ0v) is 17.5. The smallest absolute Gasteiger partial charge is 0.234 e. The van der Waals surface area contributed by atoms with Crippen LogP contribution in [0.3, 0.4) is 0 Å². The van der Waals surface area contributed by atoms with Crippen LogP contribution in [0.1, 0.15) is 12.5 Å². The van der Waals surface area contributed by atoms with Gasteiger partial charge in [0.2, 0.25) is 5.91 Å². The number of hydrogen-bond acceptors (Lipinski definition) is 4. The Hall–Kier alpha value is -3.32. The van der Waals surface area contributed by atoms with E-state index in [0.717, 1.165) is 17.7 Å². The summed E-state index contributed by atoms with van der Waals surface area (Å²) < 4.78 is 27.2. The molecule has 0 saturated heterocycles. The fourth-order valence-electron chi connectivity index (χ4n) is 3.18. The van der Waals surface area contributed by atoms with Gasteiger partial charge in [-0.25, -0.2) is 18.7 Å². The summed E-state index contributed by atoms with van der Waals surface area (Å²) in [6.45, 7) is 2.03. The summed E-state index contributed by atoms with van der Waals surface area (Å²) in [5.74, 6) is -0.460. The highest BCUT2D eigenvalue weighted by Gasteiger charge is 2.14. The summed E-state index contributed by atoms with van der Waals surface area (Å²) in [4.78, 5) is 21.6. The number of amides is 1. The number of carbonyl (C=O) groups is 1. The van der Waals surface area contributed by atoms with Crippen LogP contribution in [0.25, 0.3) is 22.3 Å². The van der Waals surface area contributed by atoms with Crippen LogP contribution >= 0.6 is 11.8 Å². The third kappa shape index (κ3) is 4.88. The molecule has 1 N–H and O–H groups in total. The Labute approximate surface area is 182 Å². The van der Waals surface area contributed by atoms with E-state index in [2.05, 4.69) is 15.3 Å². The zero-order valence-electron chi connectivity index (χ0n) is 16.7. The van der Waals surface area contributed by atoms with E-state index < -0.39 is 5.82 Å². The number of hydrogen-bond donors (Lipinski definition) is 1. The van der Waals surface area contributed by atoms with E-state index in [1.165, 1.54) is 36.0 Å². The predicted octanol–water partition coefficient (Wildman–Crippen LogP) is 5.87. The lowest BCUT2D eigenvalue weighted by Gasteiger charge is -2.11. The third-order valence-electron chi connectivity index (χ3n) is 4.74. The fourth-order valence-corrected chi connectivity index (χ4v) is 3.99. The quantitative estimate of drug-likeness (QED) is 0.304. The largest absolute Gasteiger partial charge is 0.325 e. The highest BCUT2D eigenvalue weighted by molar-refractivity contribution is 8.00. The van der Waals surface area contributed by atoms with Gasteiger partial charge in [-0.3, -0.25) is 4.79 Å². The van der Waals surface area contributed by atoms with Crippen LogP contribution in [0.2, 0.25) is 0 Å². The maximum Gasteiger partial charge on any atom is 0.234 e. The second kappa shape index (κ2) is 9.22. The van der Waals surface area contributed by atoms with Gasteiger partial charge in [-0.05, 0) is 60.5 Å². The average molecular weight is 435 g/mol. The number of nitrogens with zero attached hydrogens (tertiary/aromatic N) is 2. The number of halogens is 2. The number of benzene rings is 3. The van der Waals surface area contributed by atoms with Gasteiger partial charge in [-0.1, -0.05) is 36.9 Å². The Morgan fingerprint density at radius 3 is 2.48 bits per heavy atom. The summed E-state index contributed by atoms with van der Waals surface area (Å²) in [7, 11) is 0. The van der Waals surface area contributed by atoms with Crippen LogP contribution in [0, 0.1) is 11.6 Å². The van der Waals surface area contributed by atoms with Crippen molar-refractivity contribution in [1.29, 1.82) is 0 Å². The average Bonchev–Trinajstić information content (AvgIpc) is 2.78. The minimum atomic E-state index is -0.409. The lowest BCUT2D eigenvalue weighted by Crippen LogP contribution is -2.15. The predicted molar refractivity (Wildman–Crippen MR) is 120 cm³/mol. The van der Waals surface area contributed by atoms with Crippen LogP contribution in [0.15, 0.2) is 71.8 Å². The molecule has 4 rings (SSSR count). The number of rotatable bonds is 6. The van der Waals surface area contributed by atoms with Crippen LogP contribution in [0.5, 0.6) is 0 Å². The van der Waals surface area contributed by atoms with Crippen LogP contribution < -0.4 is 5.32 Å². The minimum absolute atomic E-state index is 0.101. The molecule has 0 bridgehead atoms. The third-order valence-corrected chi connectivity index (χ3v) is 5.73. The van der Waals surface area contributed by atoms with E-state index >= 15 is 0 Å². The molecule has 0 aliphatic carbocycles. The van der Waals surface area contributed by atoms with Crippen LogP contribution in [-0.2, 0) is 11.2 Å². The molecule has 0 aliphatic rings. The second-order valence-electron chi connectivity index (χ2n) is 6.87. The minimum Gasteiger partial charge on any atom is -0.325 e. The van der Waals surface area contributed by atoms with Gasteiger partial charge >= 0.3 is 0 Å². The molecule has 0 fully saturated rings. The van der Waals surface area contributed by atoms with Crippen LogP contribution in [0.4, 0.5) is 14.5 Å². The molecule has 4 aromatic rings. The van der Waals surface area contributed by atoms with Gasteiger partial charge in [0, 0.05) is 16.6 Å². The number of nitrogens with one attached hydrogen (secondary N) is 1. The van der Waals surface area contributed by atoms with E-state index in [4.69, 9.17) is 0 Å². The molecule has 1 amide bonds. The monoisotopic (exact) mass is 435 g/mol. The van der Waals surface area contributed by atoms with Gasteiger partial charge in [0.1, 0.15) is 16.7 Å². The van der Waals surface area contributed by atoms with E-state index in [-0.39, 0.29) is 17.5 Å². The number of anilines is 1. The molecule has 7 heteroatoms. The Bertz CT molecular complexity index is 1250. The van der Waals surface area contributed by atoms with Gasteiger partial charge in [0.25, 0.3) is 0 Å². The topological polar surface area (TPSA) is 54.9 Å². The molecule has 31 heavy (non-hydrogen) atoms. The molecule has 0 saturated carbocycles. The summed E-state index contributed by atoms with van der Waals surface area (Å²) in [6, 6.07) is 17.7. The lowest BCUT2D eigenvalue weighted by molar-refractivity contribution is -0.113. The number of thioether (sulfide) groups is 1. The summed E-state index contributed by atoms with van der Waals surface area (Å²) in [5.41, 5.74) is 3.01. The van der Waals surface area contributed by atoms with Crippen molar-refractivity contribution in [3.63, 3.8) is 0 Å². The standard InChI is InChI=1S/C24H19F2N3OS/c1-2-15-5-3-4-6-20(15)27-22(30)14-31-24-19-13-18(26)11-12-21(19)28-23(29-24)16-7-9-17(25)10-8-16/h3-13H,2,14H2,1H3,(H,27,30). The van der Waals surface area contributed by atoms with Gasteiger partial charge in [0.15, 0.2) is 5.82 Å². The Kier molecular flexibility index (Phi) is 6.23. The molecule has 156 valence electrons. The molecule has 4 nitrogen and oxygen atoms in total. The van der Waals surface area contributed by atoms with Gasteiger partial charge < -0.3 is 5.32 Å². The molecule has 0 radical (unpaired) electrons. The number of carbonyl (C=O) groups excluding carboxylic acids is 1.